The summed E-state index contributed by atoms with van der Waals surface area (Å²) in [4.78, 5) is 9.51. The molecule has 1 heterocycles. The summed E-state index contributed by atoms with van der Waals surface area (Å²) in [6.07, 6.45) is 0. The normalized spacial score (nSPS) is 14.5. The predicted octanol–water partition coefficient (Wildman–Crippen LogP) is 2.16. The highest BCUT2D eigenvalue weighted by molar-refractivity contribution is 6.30. The SMILES string of the molecule is Clc1ccc2c(c1)OOC2. The third kappa shape index (κ3) is 0.856. The molecule has 1 aromatic rings. The van der Waals surface area contributed by atoms with Gasteiger partial charge in [0.1, 0.15) is 6.61 Å². The van der Waals surface area contributed by atoms with Crippen molar-refractivity contribution in [2.75, 3.05) is 0 Å². The van der Waals surface area contributed by atoms with E-state index < -0.39 is 0 Å². The van der Waals surface area contributed by atoms with Gasteiger partial charge in [0.2, 0.25) is 0 Å². The van der Waals surface area contributed by atoms with E-state index >= 15 is 0 Å². The van der Waals surface area contributed by atoms with E-state index in [-0.39, 0.29) is 0 Å². The van der Waals surface area contributed by atoms with Gasteiger partial charge in [-0.15, -0.1) is 0 Å². The number of rotatable bonds is 0. The molecular weight excluding hydrogens is 152 g/mol. The molecule has 1 aliphatic heterocycles. The highest BCUT2D eigenvalue weighted by atomic mass is 35.5. The summed E-state index contributed by atoms with van der Waals surface area (Å²) in [5.41, 5.74) is 1.05. The van der Waals surface area contributed by atoms with E-state index in [1.165, 1.54) is 0 Å². The minimum absolute atomic E-state index is 0.520. The highest BCUT2D eigenvalue weighted by Crippen LogP contribution is 2.28. The second-order valence-corrected chi connectivity index (χ2v) is 2.53. The molecular formula is C7H5ClO2. The number of hydrogen-bond donors (Lipinski definition) is 0. The van der Waals surface area contributed by atoms with Crippen LogP contribution in [0.25, 0.3) is 0 Å². The molecule has 0 saturated heterocycles. The molecule has 0 N–H and O–H groups in total. The summed E-state index contributed by atoms with van der Waals surface area (Å²) in [5.74, 6) is 0.729. The van der Waals surface area contributed by atoms with E-state index in [1.807, 2.05) is 12.1 Å². The Bertz CT molecular complexity index is 260. The fraction of sp³-hybridized carbons (Fsp3) is 0.143. The minimum atomic E-state index is 0.520. The van der Waals surface area contributed by atoms with Crippen LogP contribution in [0.15, 0.2) is 18.2 Å². The number of fused-ring (bicyclic) bond motifs is 1. The van der Waals surface area contributed by atoms with Gasteiger partial charge < -0.3 is 4.89 Å². The molecule has 0 atom stereocenters. The maximum Gasteiger partial charge on any atom is 0.172 e. The monoisotopic (exact) mass is 156 g/mol. The lowest BCUT2D eigenvalue weighted by Crippen LogP contribution is -1.81. The second-order valence-electron chi connectivity index (χ2n) is 2.10. The van der Waals surface area contributed by atoms with Crippen LogP contribution < -0.4 is 4.89 Å². The lowest BCUT2D eigenvalue weighted by Gasteiger charge is -1.93. The van der Waals surface area contributed by atoms with Crippen molar-refractivity contribution < 1.29 is 9.78 Å². The van der Waals surface area contributed by atoms with Crippen LogP contribution in [0.2, 0.25) is 5.02 Å². The van der Waals surface area contributed by atoms with E-state index in [0.717, 1.165) is 11.3 Å². The van der Waals surface area contributed by atoms with Gasteiger partial charge in [-0.25, -0.2) is 0 Å². The fourth-order valence-corrected chi connectivity index (χ4v) is 1.04. The molecule has 1 aliphatic rings. The first-order valence-corrected chi connectivity index (χ1v) is 3.32. The molecule has 0 aliphatic carbocycles. The number of benzene rings is 1. The number of halogens is 1. The lowest BCUT2D eigenvalue weighted by molar-refractivity contribution is -0.194. The Morgan fingerprint density at radius 2 is 2.30 bits per heavy atom. The first-order chi connectivity index (χ1) is 4.86. The topological polar surface area (TPSA) is 18.5 Å². The number of hydrogen-bond acceptors (Lipinski definition) is 2. The molecule has 10 heavy (non-hydrogen) atoms. The molecule has 0 radical (unpaired) electrons. The molecule has 2 nitrogen and oxygen atoms in total. The average molecular weight is 157 g/mol. The predicted molar refractivity (Wildman–Crippen MR) is 36.9 cm³/mol. The zero-order valence-corrected chi connectivity index (χ0v) is 5.89. The summed E-state index contributed by atoms with van der Waals surface area (Å²) < 4.78 is 0. The van der Waals surface area contributed by atoms with Gasteiger partial charge in [-0.05, 0) is 6.07 Å². The van der Waals surface area contributed by atoms with Crippen molar-refractivity contribution in [3.63, 3.8) is 0 Å². The van der Waals surface area contributed by atoms with Crippen molar-refractivity contribution in [3.8, 4) is 5.75 Å². The third-order valence-corrected chi connectivity index (χ3v) is 1.63. The summed E-state index contributed by atoms with van der Waals surface area (Å²) in [7, 11) is 0. The van der Waals surface area contributed by atoms with Crippen LogP contribution in [0, 0.1) is 0 Å². The first-order valence-electron chi connectivity index (χ1n) is 2.94. The third-order valence-electron chi connectivity index (χ3n) is 1.39. The van der Waals surface area contributed by atoms with Crippen molar-refractivity contribution in [2.24, 2.45) is 0 Å². The Hall–Kier alpha value is -0.730. The Morgan fingerprint density at radius 1 is 1.40 bits per heavy atom. The molecule has 0 aromatic heterocycles. The fourth-order valence-electron chi connectivity index (χ4n) is 0.882. The van der Waals surface area contributed by atoms with Crippen LogP contribution in [0.3, 0.4) is 0 Å². The molecule has 2 rings (SSSR count). The lowest BCUT2D eigenvalue weighted by atomic mass is 10.2. The van der Waals surface area contributed by atoms with Gasteiger partial charge in [-0.3, -0.25) is 0 Å². The Kier molecular flexibility index (Phi) is 1.29. The van der Waals surface area contributed by atoms with Crippen molar-refractivity contribution in [1.82, 2.24) is 0 Å². The molecule has 0 unspecified atom stereocenters. The van der Waals surface area contributed by atoms with E-state index in [9.17, 15) is 0 Å². The smallest absolute Gasteiger partial charge is 0.172 e. The Labute approximate surface area is 63.3 Å². The van der Waals surface area contributed by atoms with Crippen LogP contribution in [0.1, 0.15) is 5.56 Å². The summed E-state index contributed by atoms with van der Waals surface area (Å²) in [6, 6.07) is 5.45. The van der Waals surface area contributed by atoms with E-state index in [2.05, 4.69) is 0 Å². The molecule has 3 heteroatoms. The maximum atomic E-state index is 5.69. The molecule has 0 saturated carbocycles. The van der Waals surface area contributed by atoms with Crippen molar-refractivity contribution in [2.45, 2.75) is 6.61 Å². The quantitative estimate of drug-likeness (QED) is 0.536. The highest BCUT2D eigenvalue weighted by Gasteiger charge is 2.12. The molecule has 0 fully saturated rings. The van der Waals surface area contributed by atoms with Gasteiger partial charge in [0.05, 0.1) is 0 Å². The van der Waals surface area contributed by atoms with Crippen LogP contribution >= 0.6 is 11.6 Å². The second kappa shape index (κ2) is 2.15. The molecule has 0 bridgehead atoms. The van der Waals surface area contributed by atoms with Gasteiger partial charge in [-0.1, -0.05) is 17.7 Å². The standard InChI is InChI=1S/C7H5ClO2/c8-6-2-1-5-4-9-10-7(5)3-6/h1-3H,4H2. The first kappa shape index (κ1) is 6.01. The molecule has 0 amide bonds. The summed E-state index contributed by atoms with van der Waals surface area (Å²) in [6.45, 7) is 0.520. The van der Waals surface area contributed by atoms with Gasteiger partial charge in [0, 0.05) is 16.7 Å². The zero-order chi connectivity index (χ0) is 6.97. The zero-order valence-electron chi connectivity index (χ0n) is 5.13. The van der Waals surface area contributed by atoms with E-state index in [0.29, 0.717) is 11.6 Å². The van der Waals surface area contributed by atoms with Crippen LogP contribution in [0.4, 0.5) is 0 Å². The van der Waals surface area contributed by atoms with Crippen LogP contribution in [0.5, 0.6) is 5.75 Å². The largest absolute Gasteiger partial charge is 0.337 e. The van der Waals surface area contributed by atoms with Crippen molar-refractivity contribution >= 4 is 11.6 Å². The maximum absolute atomic E-state index is 5.69. The van der Waals surface area contributed by atoms with Crippen LogP contribution in [-0.2, 0) is 11.5 Å². The van der Waals surface area contributed by atoms with Crippen molar-refractivity contribution in [1.29, 1.82) is 0 Å². The Balaban J connectivity index is 2.52. The van der Waals surface area contributed by atoms with Gasteiger partial charge in [0.25, 0.3) is 0 Å². The molecule has 52 valence electrons. The van der Waals surface area contributed by atoms with E-state index in [1.54, 1.807) is 6.07 Å². The molecule has 0 spiro atoms. The van der Waals surface area contributed by atoms with Crippen molar-refractivity contribution in [3.05, 3.63) is 28.8 Å². The van der Waals surface area contributed by atoms with Crippen LogP contribution in [-0.4, -0.2) is 0 Å². The van der Waals surface area contributed by atoms with Gasteiger partial charge >= 0.3 is 0 Å². The summed E-state index contributed by atoms with van der Waals surface area (Å²) in [5, 5.41) is 0.671. The van der Waals surface area contributed by atoms with Gasteiger partial charge in [0.15, 0.2) is 5.75 Å². The average Bonchev–Trinajstić information content (AvgIpc) is 2.33. The minimum Gasteiger partial charge on any atom is -0.337 e. The summed E-state index contributed by atoms with van der Waals surface area (Å²) >= 11 is 5.69. The molecule has 1 aromatic carbocycles. The Morgan fingerprint density at radius 3 is 3.20 bits per heavy atom. The van der Waals surface area contributed by atoms with Gasteiger partial charge in [-0.2, -0.15) is 4.89 Å². The van der Waals surface area contributed by atoms with E-state index in [4.69, 9.17) is 21.4 Å².